The van der Waals surface area contributed by atoms with Gasteiger partial charge in [0.2, 0.25) is 0 Å². The van der Waals surface area contributed by atoms with Crippen molar-refractivity contribution in [3.05, 3.63) is 128 Å². The minimum atomic E-state index is -4.81. The van der Waals surface area contributed by atoms with Gasteiger partial charge in [-0.25, -0.2) is 17.6 Å². The number of nitrogens with one attached hydrogen (secondary N) is 2. The van der Waals surface area contributed by atoms with Gasteiger partial charge in [0.05, 0.1) is 57.3 Å². The second-order valence-corrected chi connectivity index (χ2v) is 14.9. The number of carbonyl (C=O) groups excluding carboxylic acids is 2. The molecule has 10 nitrogen and oxygen atoms in total. The lowest BCUT2D eigenvalue weighted by Crippen LogP contribution is -2.20. The third kappa shape index (κ3) is 12.9. The van der Waals surface area contributed by atoms with E-state index >= 15 is 0 Å². The molecule has 0 saturated carbocycles. The third-order valence-electron chi connectivity index (χ3n) is 8.29. The molecule has 2 aliphatic rings. The minimum Gasteiger partial charge on any atom is -0.454 e. The van der Waals surface area contributed by atoms with Gasteiger partial charge < -0.3 is 20.1 Å². The molecule has 0 bridgehead atoms. The van der Waals surface area contributed by atoms with Crippen molar-refractivity contribution in [2.45, 2.75) is 31.9 Å². The van der Waals surface area contributed by atoms with Gasteiger partial charge >= 0.3 is 12.4 Å². The Kier molecular flexibility index (Phi) is 15.9. The topological polar surface area (TPSA) is 149 Å². The van der Waals surface area contributed by atoms with Gasteiger partial charge in [0, 0.05) is 0 Å². The zero-order valence-electron chi connectivity index (χ0n) is 32.5. The Morgan fingerprint density at radius 1 is 0.688 bits per heavy atom. The Hall–Kier alpha value is -6.78. The normalized spacial score (nSPS) is 16.8. The van der Waals surface area contributed by atoms with E-state index in [0.717, 1.165) is 72.1 Å². The number of aliphatic imine (C=N–C) groups is 2. The lowest BCUT2D eigenvalue weighted by atomic mass is 10.1. The number of halogens is 10. The summed E-state index contributed by atoms with van der Waals surface area (Å²) in [7, 11) is 0. The predicted octanol–water partition coefficient (Wildman–Crippen LogP) is 10.9. The van der Waals surface area contributed by atoms with E-state index in [0.29, 0.717) is 18.6 Å². The Morgan fingerprint density at radius 2 is 1.11 bits per heavy atom. The molecule has 4 aromatic carbocycles. The number of nitriles is 2. The molecule has 0 aliphatic carbocycles. The number of rotatable bonds is 11. The van der Waals surface area contributed by atoms with Crippen molar-refractivity contribution in [3.8, 4) is 35.1 Å². The zero-order chi connectivity index (χ0) is 46.8. The molecule has 332 valence electrons. The van der Waals surface area contributed by atoms with Gasteiger partial charge in [0.1, 0.15) is 24.3 Å². The molecule has 0 aromatic heterocycles. The van der Waals surface area contributed by atoms with E-state index in [1.165, 1.54) is 24.3 Å². The number of hydrogen-bond donors (Lipinski definition) is 2. The Morgan fingerprint density at radius 3 is 1.48 bits per heavy atom. The number of amidine groups is 2. The first-order valence-corrected chi connectivity index (χ1v) is 19.8. The molecule has 0 spiro atoms. The molecular weight excluding hydrogens is 907 g/mol. The van der Waals surface area contributed by atoms with Gasteiger partial charge in [0.25, 0.3) is 11.8 Å². The van der Waals surface area contributed by atoms with Crippen LogP contribution in [0, 0.1) is 34.3 Å². The molecule has 6 rings (SSSR count). The van der Waals surface area contributed by atoms with E-state index in [-0.39, 0.29) is 55.5 Å². The first-order valence-electron chi connectivity index (χ1n) is 18.2. The Labute approximate surface area is 365 Å². The summed E-state index contributed by atoms with van der Waals surface area (Å²) in [6, 6.07) is 15.5. The van der Waals surface area contributed by atoms with Crippen molar-refractivity contribution < 1.29 is 63.0 Å². The van der Waals surface area contributed by atoms with Gasteiger partial charge in [-0.3, -0.25) is 19.6 Å². The van der Waals surface area contributed by atoms with Crippen LogP contribution in [0.3, 0.4) is 0 Å². The average molecular weight is 935 g/mol. The number of alkyl halides is 8. The minimum absolute atomic E-state index is 0.0949. The second kappa shape index (κ2) is 21.1. The molecular formula is C42H28F10N6O4S2. The van der Waals surface area contributed by atoms with Crippen LogP contribution in [0.5, 0.6) is 23.0 Å². The van der Waals surface area contributed by atoms with Crippen LogP contribution in [0.1, 0.15) is 46.7 Å². The summed E-state index contributed by atoms with van der Waals surface area (Å²) in [6.45, 7) is 0.791. The fourth-order valence-corrected chi connectivity index (χ4v) is 6.87. The van der Waals surface area contributed by atoms with Gasteiger partial charge in [-0.15, -0.1) is 0 Å². The molecule has 4 aromatic rings. The number of nitrogens with zero attached hydrogens (tertiary/aromatic N) is 4. The summed E-state index contributed by atoms with van der Waals surface area (Å²) in [5, 5.41) is 23.0. The van der Waals surface area contributed by atoms with Crippen molar-refractivity contribution in [2.24, 2.45) is 9.98 Å². The van der Waals surface area contributed by atoms with E-state index in [9.17, 15) is 53.5 Å². The summed E-state index contributed by atoms with van der Waals surface area (Å²) < 4.78 is 144. The van der Waals surface area contributed by atoms with E-state index in [1.54, 1.807) is 19.1 Å². The maximum absolute atomic E-state index is 14.5. The molecule has 2 aliphatic heterocycles. The number of amides is 2. The predicted molar refractivity (Wildman–Crippen MR) is 218 cm³/mol. The average Bonchev–Trinajstić information content (AvgIpc) is 3.79. The lowest BCUT2D eigenvalue weighted by Gasteiger charge is -2.14. The number of hydrogen-bond acceptors (Lipinski definition) is 10. The lowest BCUT2D eigenvalue weighted by molar-refractivity contribution is -0.139. The van der Waals surface area contributed by atoms with E-state index in [1.807, 2.05) is 0 Å². The highest BCUT2D eigenvalue weighted by Crippen LogP contribution is 2.41. The van der Waals surface area contributed by atoms with Crippen molar-refractivity contribution in [3.63, 3.8) is 0 Å². The molecule has 22 heteroatoms. The van der Waals surface area contributed by atoms with Crippen LogP contribution >= 0.6 is 23.5 Å². The van der Waals surface area contributed by atoms with Gasteiger partial charge in [-0.2, -0.15) is 36.9 Å². The fraction of sp³-hybridized carbons (Fsp3) is 0.190. The maximum atomic E-state index is 14.5. The SMILES string of the molecule is CCC(F)CN=C1NC(=O)/C(=C/c2ccc(Oc3ccc(C#N)cc3C(F)(F)F)c(F)c2)S1.N#Cc1ccc(Oc2ccc(/C=C3\SC(=NCCF)NC3=O)cc2F)c(C(F)(F)F)c1. The highest BCUT2D eigenvalue weighted by Gasteiger charge is 2.36. The summed E-state index contributed by atoms with van der Waals surface area (Å²) in [6.07, 6.45) is -7.73. The van der Waals surface area contributed by atoms with Gasteiger partial charge in [-0.1, -0.05) is 19.1 Å². The van der Waals surface area contributed by atoms with Crippen LogP contribution in [0.25, 0.3) is 12.2 Å². The fourth-order valence-electron chi connectivity index (χ4n) is 5.20. The molecule has 2 fully saturated rings. The van der Waals surface area contributed by atoms with Crippen molar-refractivity contribution >= 4 is 57.8 Å². The summed E-state index contributed by atoms with van der Waals surface area (Å²) >= 11 is 1.92. The smallest absolute Gasteiger partial charge is 0.420 e. The van der Waals surface area contributed by atoms with Crippen LogP contribution in [-0.2, 0) is 21.9 Å². The van der Waals surface area contributed by atoms with Crippen molar-refractivity contribution in [1.82, 2.24) is 10.6 Å². The van der Waals surface area contributed by atoms with Crippen LogP contribution in [0.4, 0.5) is 43.9 Å². The van der Waals surface area contributed by atoms with Crippen LogP contribution in [-0.4, -0.2) is 48.1 Å². The monoisotopic (exact) mass is 934 g/mol. The number of thioether (sulfide) groups is 2. The van der Waals surface area contributed by atoms with Crippen LogP contribution in [0.15, 0.2) is 92.6 Å². The Bertz CT molecular complexity index is 2650. The van der Waals surface area contributed by atoms with Crippen LogP contribution in [0.2, 0.25) is 0 Å². The van der Waals surface area contributed by atoms with E-state index in [2.05, 4.69) is 20.6 Å². The second-order valence-electron chi connectivity index (χ2n) is 12.9. The van der Waals surface area contributed by atoms with Gasteiger partial charge in [-0.05, 0) is 114 Å². The zero-order valence-corrected chi connectivity index (χ0v) is 34.1. The molecule has 2 N–H and O–H groups in total. The summed E-state index contributed by atoms with van der Waals surface area (Å²) in [5.41, 5.74) is -2.35. The quantitative estimate of drug-likeness (QED) is 0.112. The molecule has 1 unspecified atom stereocenters. The Balaban J connectivity index is 0.000000241. The van der Waals surface area contributed by atoms with Crippen molar-refractivity contribution in [1.29, 1.82) is 10.5 Å². The van der Waals surface area contributed by atoms with Crippen molar-refractivity contribution in [2.75, 3.05) is 19.8 Å². The number of benzene rings is 4. The third-order valence-corrected chi connectivity index (χ3v) is 10.2. The molecule has 2 heterocycles. The highest BCUT2D eigenvalue weighted by atomic mass is 32.2. The molecule has 64 heavy (non-hydrogen) atoms. The number of ether oxygens (including phenoxy) is 2. The molecule has 1 atom stereocenters. The highest BCUT2D eigenvalue weighted by molar-refractivity contribution is 8.19. The van der Waals surface area contributed by atoms with Crippen LogP contribution < -0.4 is 20.1 Å². The standard InChI is InChI=1S/C22H16F5N3O2S.C20H12F5N3O2S/c1-2-14(23)11-29-21-30-20(31)19(33-21)9-12-3-6-18(16(24)8-12)32-17-5-4-13(10-28)7-15(17)22(25,26)27;21-5-6-27-19-28-18(29)17(31-19)9-11-1-4-16(14(22)8-11)30-15-3-2-12(10-26)7-13(15)20(23,24)25/h3-9,14H,2,11H2,1H3,(H,29,30,31);1-4,7-9H,5-6H2,(H,27,28,29)/b19-9-;17-9-. The van der Waals surface area contributed by atoms with E-state index in [4.69, 9.17) is 20.0 Å². The summed E-state index contributed by atoms with van der Waals surface area (Å²) in [5.74, 6) is -5.14. The first kappa shape index (κ1) is 48.3. The van der Waals surface area contributed by atoms with Gasteiger partial charge in [0.15, 0.2) is 33.5 Å². The molecule has 2 saturated heterocycles. The summed E-state index contributed by atoms with van der Waals surface area (Å²) in [4.78, 5) is 32.2. The molecule has 0 radical (unpaired) electrons. The van der Waals surface area contributed by atoms with E-state index < -0.39 is 82.8 Å². The first-order chi connectivity index (χ1) is 30.3. The largest absolute Gasteiger partial charge is 0.454 e. The maximum Gasteiger partial charge on any atom is 0.420 e. The number of carbonyl (C=O) groups is 2. The molecule has 2 amide bonds.